The Morgan fingerprint density at radius 3 is 2.77 bits per heavy atom. The van der Waals surface area contributed by atoms with Crippen molar-refractivity contribution in [2.75, 3.05) is 19.6 Å². The van der Waals surface area contributed by atoms with E-state index in [1.54, 1.807) is 6.20 Å². The summed E-state index contributed by atoms with van der Waals surface area (Å²) in [5, 5.41) is 11.9. The molecule has 182 valence electrons. The van der Waals surface area contributed by atoms with Crippen molar-refractivity contribution in [2.45, 2.75) is 46.4 Å². The minimum absolute atomic E-state index is 0.00741. The Morgan fingerprint density at radius 1 is 1.20 bits per heavy atom. The van der Waals surface area contributed by atoms with Crippen molar-refractivity contribution in [3.63, 3.8) is 0 Å². The quantitative estimate of drug-likeness (QED) is 0.394. The van der Waals surface area contributed by atoms with E-state index in [2.05, 4.69) is 56.4 Å². The Hall–Kier alpha value is -3.56. The lowest BCUT2D eigenvalue weighted by Crippen LogP contribution is -2.48. The second-order valence-electron chi connectivity index (χ2n) is 9.20. The highest BCUT2D eigenvalue weighted by Crippen LogP contribution is 2.31. The van der Waals surface area contributed by atoms with E-state index in [-0.39, 0.29) is 18.1 Å². The first-order valence-corrected chi connectivity index (χ1v) is 12.1. The third-order valence-electron chi connectivity index (χ3n) is 6.50. The van der Waals surface area contributed by atoms with Crippen molar-refractivity contribution < 1.29 is 9.53 Å². The van der Waals surface area contributed by atoms with Gasteiger partial charge >= 0.3 is 0 Å². The van der Waals surface area contributed by atoms with Gasteiger partial charge in [-0.05, 0) is 56.1 Å². The zero-order valence-corrected chi connectivity index (χ0v) is 20.6. The van der Waals surface area contributed by atoms with Gasteiger partial charge in [-0.2, -0.15) is 5.10 Å². The molecule has 2 atom stereocenters. The fourth-order valence-electron chi connectivity index (χ4n) is 4.72. The number of amides is 1. The summed E-state index contributed by atoms with van der Waals surface area (Å²) < 4.78 is 5.76. The molecule has 0 spiro atoms. The number of benzene rings is 1. The molecule has 5 rings (SSSR count). The maximum absolute atomic E-state index is 13.1. The molecule has 1 amide bonds. The maximum Gasteiger partial charge on any atom is 0.272 e. The van der Waals surface area contributed by atoms with Crippen LogP contribution in [0.15, 0.2) is 36.8 Å². The van der Waals surface area contributed by atoms with Gasteiger partial charge in [-0.15, -0.1) is 0 Å². The number of imidazole rings is 1. The number of hydrogen-bond acceptors (Lipinski definition) is 6. The Kier molecular flexibility index (Phi) is 6.36. The molecule has 1 aromatic carbocycles. The highest BCUT2D eigenvalue weighted by molar-refractivity contribution is 5.96. The Balaban J connectivity index is 1.46. The van der Waals surface area contributed by atoms with Crippen LogP contribution in [0, 0.1) is 6.92 Å². The van der Waals surface area contributed by atoms with Gasteiger partial charge < -0.3 is 19.9 Å². The van der Waals surface area contributed by atoms with Gasteiger partial charge in [0.1, 0.15) is 11.4 Å². The first kappa shape index (κ1) is 23.2. The summed E-state index contributed by atoms with van der Waals surface area (Å²) in [4.78, 5) is 27.0. The molecule has 1 aliphatic heterocycles. The van der Waals surface area contributed by atoms with Crippen molar-refractivity contribution in [1.82, 2.24) is 35.4 Å². The molecule has 1 aliphatic rings. The number of ether oxygens (including phenoxy) is 1. The number of H-pyrrole nitrogens is 2. The van der Waals surface area contributed by atoms with E-state index >= 15 is 0 Å². The summed E-state index contributed by atoms with van der Waals surface area (Å²) >= 11 is 0. The summed E-state index contributed by atoms with van der Waals surface area (Å²) in [7, 11) is 0. The number of nitrogens with zero attached hydrogens (tertiary/aromatic N) is 4. The van der Waals surface area contributed by atoms with Crippen LogP contribution in [0.2, 0.25) is 0 Å². The summed E-state index contributed by atoms with van der Waals surface area (Å²) in [6.45, 7) is 11.0. The van der Waals surface area contributed by atoms with Gasteiger partial charge in [0.2, 0.25) is 0 Å². The second kappa shape index (κ2) is 9.59. The lowest BCUT2D eigenvalue weighted by atomic mass is 9.98. The van der Waals surface area contributed by atoms with Crippen LogP contribution in [0.1, 0.15) is 42.4 Å². The van der Waals surface area contributed by atoms with Gasteiger partial charge in [0.15, 0.2) is 5.82 Å². The summed E-state index contributed by atoms with van der Waals surface area (Å²) in [5.41, 5.74) is 6.55. The van der Waals surface area contributed by atoms with Crippen LogP contribution in [0.25, 0.3) is 33.5 Å². The molecule has 4 heterocycles. The minimum atomic E-state index is -0.0783. The number of aromatic amines is 2. The van der Waals surface area contributed by atoms with Gasteiger partial charge in [-0.25, -0.2) is 4.98 Å². The molecule has 9 nitrogen and oxygen atoms in total. The zero-order valence-electron chi connectivity index (χ0n) is 20.6. The van der Waals surface area contributed by atoms with Gasteiger partial charge in [0.05, 0.1) is 23.9 Å². The van der Waals surface area contributed by atoms with E-state index in [1.807, 2.05) is 37.2 Å². The number of aromatic nitrogens is 5. The number of carbonyl (C=O) groups excluding carboxylic acids is 1. The van der Waals surface area contributed by atoms with Crippen LogP contribution >= 0.6 is 0 Å². The predicted molar refractivity (Wildman–Crippen MR) is 135 cm³/mol. The van der Waals surface area contributed by atoms with Crippen LogP contribution in [0.4, 0.5) is 0 Å². The molecule has 1 fully saturated rings. The minimum Gasteiger partial charge on any atom is -0.372 e. The number of morpholine rings is 1. The monoisotopic (exact) mass is 473 g/mol. The molecule has 0 aliphatic carbocycles. The van der Waals surface area contributed by atoms with E-state index < -0.39 is 0 Å². The van der Waals surface area contributed by atoms with Gasteiger partial charge in [-0.3, -0.25) is 14.9 Å². The molecule has 0 radical (unpaired) electrons. The third kappa shape index (κ3) is 4.56. The molecular formula is C26H31N7O2. The molecular weight excluding hydrogens is 442 g/mol. The molecule has 0 unspecified atom stereocenters. The van der Waals surface area contributed by atoms with E-state index in [0.29, 0.717) is 30.3 Å². The topological polar surface area (TPSA) is 112 Å². The first-order valence-electron chi connectivity index (χ1n) is 12.1. The number of pyridine rings is 1. The van der Waals surface area contributed by atoms with E-state index in [0.717, 1.165) is 35.1 Å². The summed E-state index contributed by atoms with van der Waals surface area (Å²) in [6, 6.07) is 6.19. The van der Waals surface area contributed by atoms with Crippen molar-refractivity contribution in [2.24, 2.45) is 0 Å². The van der Waals surface area contributed by atoms with Gasteiger partial charge in [0, 0.05) is 43.0 Å². The summed E-state index contributed by atoms with van der Waals surface area (Å²) in [6.07, 6.45) is 5.42. The van der Waals surface area contributed by atoms with E-state index in [4.69, 9.17) is 4.74 Å². The van der Waals surface area contributed by atoms with Gasteiger partial charge in [0.25, 0.3) is 5.91 Å². The molecule has 3 N–H and O–H groups in total. The average Bonchev–Trinajstić information content (AvgIpc) is 3.49. The van der Waals surface area contributed by atoms with Crippen LogP contribution in [0.3, 0.4) is 0 Å². The highest BCUT2D eigenvalue weighted by Gasteiger charge is 2.28. The molecule has 1 saturated heterocycles. The molecule has 4 aromatic rings. The van der Waals surface area contributed by atoms with Crippen LogP contribution < -0.4 is 5.32 Å². The Morgan fingerprint density at radius 2 is 2.00 bits per heavy atom. The first-order chi connectivity index (χ1) is 16.9. The predicted octanol–water partition coefficient (Wildman–Crippen LogP) is 3.68. The zero-order chi connectivity index (χ0) is 24.5. The maximum atomic E-state index is 13.1. The largest absolute Gasteiger partial charge is 0.372 e. The fourth-order valence-corrected chi connectivity index (χ4v) is 4.72. The van der Waals surface area contributed by atoms with E-state index in [1.165, 1.54) is 11.1 Å². The van der Waals surface area contributed by atoms with E-state index in [9.17, 15) is 4.79 Å². The van der Waals surface area contributed by atoms with Crippen molar-refractivity contribution in [3.05, 3.63) is 53.6 Å². The van der Waals surface area contributed by atoms with Crippen LogP contribution in [-0.2, 0) is 11.3 Å². The number of rotatable bonds is 6. The number of carbonyl (C=O) groups is 1. The Bertz CT molecular complexity index is 1350. The average molecular weight is 474 g/mol. The molecule has 3 aromatic heterocycles. The molecule has 9 heteroatoms. The lowest BCUT2D eigenvalue weighted by molar-refractivity contribution is -0.0587. The van der Waals surface area contributed by atoms with Crippen LogP contribution in [0.5, 0.6) is 0 Å². The number of fused-ring (bicyclic) bond motifs is 1. The highest BCUT2D eigenvalue weighted by atomic mass is 16.5. The lowest BCUT2D eigenvalue weighted by Gasteiger charge is -2.35. The smallest absolute Gasteiger partial charge is 0.272 e. The van der Waals surface area contributed by atoms with Gasteiger partial charge in [-0.1, -0.05) is 13.0 Å². The second-order valence-corrected chi connectivity index (χ2v) is 9.20. The SMILES string of the molecule is CCNCc1cncc(-c2ccc3[nH]nc(-c4ncc(C(=O)N5C[C@@H](C)O[C@@H](C)C5)[nH]4)c3c2)c1C. The number of hydrogen-bond donors (Lipinski definition) is 3. The fraction of sp³-hybridized carbons (Fsp3) is 0.385. The Labute approximate surface area is 204 Å². The third-order valence-corrected chi connectivity index (χ3v) is 6.50. The summed E-state index contributed by atoms with van der Waals surface area (Å²) in [5.74, 6) is 0.479. The van der Waals surface area contributed by atoms with Crippen molar-refractivity contribution in [3.8, 4) is 22.6 Å². The van der Waals surface area contributed by atoms with Crippen molar-refractivity contribution in [1.29, 1.82) is 0 Å². The normalized spacial score (nSPS) is 18.3. The molecule has 0 bridgehead atoms. The molecule has 35 heavy (non-hydrogen) atoms. The van der Waals surface area contributed by atoms with Crippen LogP contribution in [-0.4, -0.2) is 67.8 Å². The number of nitrogens with one attached hydrogen (secondary N) is 3. The van der Waals surface area contributed by atoms with Crippen molar-refractivity contribution >= 4 is 16.8 Å². The molecule has 0 saturated carbocycles. The standard InChI is InChI=1S/C26H31N7O2/c1-5-27-9-19-10-28-11-21(17(19)4)18-6-7-22-20(8-18)24(32-31-22)25-29-12-23(30-25)26(34)33-13-15(2)35-16(3)14-33/h6-8,10-12,15-16,27H,5,9,13-14H2,1-4H3,(H,29,30)(H,31,32)/t15-,16+.